The molecule has 0 aromatic heterocycles. The van der Waals surface area contributed by atoms with E-state index in [1.807, 2.05) is 20.0 Å². The Morgan fingerprint density at radius 3 is 2.83 bits per heavy atom. The summed E-state index contributed by atoms with van der Waals surface area (Å²) in [6, 6.07) is 5.43. The highest BCUT2D eigenvalue weighted by molar-refractivity contribution is 6.30. The predicted molar refractivity (Wildman–Crippen MR) is 75.4 cm³/mol. The second-order valence-corrected chi connectivity index (χ2v) is 4.99. The SMILES string of the molecule is CNC(=O)C(C)CN(C)Cc1cc(Cl)ccc1N. The first-order chi connectivity index (χ1) is 8.43. The van der Waals surface area contributed by atoms with Gasteiger partial charge in [0, 0.05) is 36.8 Å². The van der Waals surface area contributed by atoms with Gasteiger partial charge in [0.2, 0.25) is 5.91 Å². The summed E-state index contributed by atoms with van der Waals surface area (Å²) in [5.74, 6) is -0.0127. The summed E-state index contributed by atoms with van der Waals surface area (Å²) in [6.07, 6.45) is 0. The Hall–Kier alpha value is -1.26. The number of nitrogens with zero attached hydrogens (tertiary/aromatic N) is 1. The van der Waals surface area contributed by atoms with Gasteiger partial charge in [0.1, 0.15) is 0 Å². The number of rotatable bonds is 5. The van der Waals surface area contributed by atoms with E-state index in [0.29, 0.717) is 18.1 Å². The zero-order valence-corrected chi connectivity index (χ0v) is 11.8. The largest absolute Gasteiger partial charge is 0.398 e. The van der Waals surface area contributed by atoms with E-state index in [1.54, 1.807) is 19.2 Å². The van der Waals surface area contributed by atoms with Crippen LogP contribution in [0.2, 0.25) is 5.02 Å². The van der Waals surface area contributed by atoms with Crippen molar-refractivity contribution in [3.63, 3.8) is 0 Å². The van der Waals surface area contributed by atoms with E-state index in [1.165, 1.54) is 0 Å². The lowest BCUT2D eigenvalue weighted by atomic mass is 10.1. The summed E-state index contributed by atoms with van der Waals surface area (Å²) >= 11 is 5.94. The molecule has 3 N–H and O–H groups in total. The van der Waals surface area contributed by atoms with Crippen LogP contribution in [0, 0.1) is 5.92 Å². The molecule has 1 unspecified atom stereocenters. The number of carbonyl (C=O) groups is 1. The topological polar surface area (TPSA) is 58.4 Å². The molecule has 0 radical (unpaired) electrons. The molecule has 0 aliphatic heterocycles. The van der Waals surface area contributed by atoms with E-state index in [9.17, 15) is 4.79 Å². The number of anilines is 1. The lowest BCUT2D eigenvalue weighted by molar-refractivity contribution is -0.124. The third-order valence-corrected chi connectivity index (χ3v) is 3.06. The second-order valence-electron chi connectivity index (χ2n) is 4.56. The number of nitrogen functional groups attached to an aromatic ring is 1. The summed E-state index contributed by atoms with van der Waals surface area (Å²) in [4.78, 5) is 13.5. The van der Waals surface area contributed by atoms with Gasteiger partial charge in [-0.15, -0.1) is 0 Å². The zero-order valence-electron chi connectivity index (χ0n) is 11.0. The fourth-order valence-electron chi connectivity index (χ4n) is 1.86. The molecule has 5 heteroatoms. The van der Waals surface area contributed by atoms with Crippen molar-refractivity contribution in [2.75, 3.05) is 26.4 Å². The third-order valence-electron chi connectivity index (χ3n) is 2.82. The highest BCUT2D eigenvalue weighted by Gasteiger charge is 2.14. The Bertz CT molecular complexity index is 423. The Morgan fingerprint density at radius 2 is 2.22 bits per heavy atom. The summed E-state index contributed by atoms with van der Waals surface area (Å²) in [5, 5.41) is 3.32. The van der Waals surface area contributed by atoms with Crippen molar-refractivity contribution in [3.8, 4) is 0 Å². The molecule has 0 bridgehead atoms. The molecule has 18 heavy (non-hydrogen) atoms. The van der Waals surface area contributed by atoms with Gasteiger partial charge in [-0.2, -0.15) is 0 Å². The van der Waals surface area contributed by atoms with E-state index < -0.39 is 0 Å². The lowest BCUT2D eigenvalue weighted by Gasteiger charge is -2.21. The fourth-order valence-corrected chi connectivity index (χ4v) is 2.06. The Morgan fingerprint density at radius 1 is 1.56 bits per heavy atom. The highest BCUT2D eigenvalue weighted by Crippen LogP contribution is 2.19. The number of hydrogen-bond donors (Lipinski definition) is 2. The van der Waals surface area contributed by atoms with Gasteiger partial charge in [0.05, 0.1) is 0 Å². The molecule has 0 saturated carbocycles. The molecule has 1 aromatic rings. The maximum atomic E-state index is 11.4. The van der Waals surface area contributed by atoms with Crippen molar-refractivity contribution >= 4 is 23.2 Å². The van der Waals surface area contributed by atoms with Crippen LogP contribution in [-0.4, -0.2) is 31.4 Å². The quantitative estimate of drug-likeness (QED) is 0.801. The van der Waals surface area contributed by atoms with Crippen molar-refractivity contribution in [1.82, 2.24) is 10.2 Å². The van der Waals surface area contributed by atoms with Gasteiger partial charge in [-0.05, 0) is 30.8 Å². The van der Waals surface area contributed by atoms with Crippen LogP contribution in [0.4, 0.5) is 5.69 Å². The Balaban J connectivity index is 2.61. The second kappa shape index (κ2) is 6.61. The van der Waals surface area contributed by atoms with Gasteiger partial charge in [-0.1, -0.05) is 18.5 Å². The van der Waals surface area contributed by atoms with Gasteiger partial charge in [-0.3, -0.25) is 4.79 Å². The molecule has 1 atom stereocenters. The van der Waals surface area contributed by atoms with E-state index in [2.05, 4.69) is 10.2 Å². The lowest BCUT2D eigenvalue weighted by Crippen LogP contribution is -2.34. The van der Waals surface area contributed by atoms with Crippen molar-refractivity contribution in [3.05, 3.63) is 28.8 Å². The van der Waals surface area contributed by atoms with Crippen LogP contribution in [0.3, 0.4) is 0 Å². The molecule has 1 rings (SSSR count). The molecule has 0 fully saturated rings. The summed E-state index contributed by atoms with van der Waals surface area (Å²) in [5.41, 5.74) is 7.59. The molecule has 0 aliphatic carbocycles. The van der Waals surface area contributed by atoms with Gasteiger partial charge in [-0.25, -0.2) is 0 Å². The maximum absolute atomic E-state index is 11.4. The van der Waals surface area contributed by atoms with Crippen molar-refractivity contribution in [2.24, 2.45) is 5.92 Å². The fraction of sp³-hybridized carbons (Fsp3) is 0.462. The Labute approximate surface area is 113 Å². The van der Waals surface area contributed by atoms with E-state index >= 15 is 0 Å². The predicted octanol–water partition coefficient (Wildman–Crippen LogP) is 1.74. The normalized spacial score (nSPS) is 12.5. The van der Waals surface area contributed by atoms with Crippen molar-refractivity contribution in [1.29, 1.82) is 0 Å². The molecular formula is C13H20ClN3O. The number of amides is 1. The van der Waals surface area contributed by atoms with Crippen LogP contribution in [0.5, 0.6) is 0 Å². The molecule has 4 nitrogen and oxygen atoms in total. The van der Waals surface area contributed by atoms with Crippen molar-refractivity contribution < 1.29 is 4.79 Å². The minimum Gasteiger partial charge on any atom is -0.398 e. The minimum absolute atomic E-state index is 0.0425. The van der Waals surface area contributed by atoms with Crippen LogP contribution < -0.4 is 11.1 Å². The van der Waals surface area contributed by atoms with E-state index in [-0.39, 0.29) is 11.8 Å². The average molecular weight is 270 g/mol. The highest BCUT2D eigenvalue weighted by atomic mass is 35.5. The number of carbonyl (C=O) groups excluding carboxylic acids is 1. The summed E-state index contributed by atoms with van der Waals surface area (Å²) < 4.78 is 0. The monoisotopic (exact) mass is 269 g/mol. The summed E-state index contributed by atoms with van der Waals surface area (Å²) in [6.45, 7) is 3.25. The van der Waals surface area contributed by atoms with Crippen LogP contribution in [0.1, 0.15) is 12.5 Å². The standard InChI is InChI=1S/C13H20ClN3O/c1-9(13(18)16-2)7-17(3)8-10-6-11(14)4-5-12(10)15/h4-6,9H,7-8,15H2,1-3H3,(H,16,18). The first-order valence-electron chi connectivity index (χ1n) is 5.88. The first kappa shape index (κ1) is 14.8. The van der Waals surface area contributed by atoms with Crippen LogP contribution in [0.25, 0.3) is 0 Å². The molecule has 0 aliphatic rings. The number of nitrogens with two attached hydrogens (primary N) is 1. The van der Waals surface area contributed by atoms with Crippen LogP contribution >= 0.6 is 11.6 Å². The van der Waals surface area contributed by atoms with Gasteiger partial charge in [0.15, 0.2) is 0 Å². The molecular weight excluding hydrogens is 250 g/mol. The minimum atomic E-state index is -0.0552. The number of halogens is 1. The number of hydrogen-bond acceptors (Lipinski definition) is 3. The first-order valence-corrected chi connectivity index (χ1v) is 6.26. The number of benzene rings is 1. The van der Waals surface area contributed by atoms with Crippen molar-refractivity contribution in [2.45, 2.75) is 13.5 Å². The van der Waals surface area contributed by atoms with E-state index in [4.69, 9.17) is 17.3 Å². The van der Waals surface area contributed by atoms with Crippen LogP contribution in [0.15, 0.2) is 18.2 Å². The van der Waals surface area contributed by atoms with Gasteiger partial charge in [0.25, 0.3) is 0 Å². The summed E-state index contributed by atoms with van der Waals surface area (Å²) in [7, 11) is 3.60. The molecule has 1 aromatic carbocycles. The smallest absolute Gasteiger partial charge is 0.223 e. The van der Waals surface area contributed by atoms with E-state index in [0.717, 1.165) is 11.3 Å². The van der Waals surface area contributed by atoms with Gasteiger partial charge < -0.3 is 16.0 Å². The maximum Gasteiger partial charge on any atom is 0.223 e. The molecule has 0 saturated heterocycles. The third kappa shape index (κ3) is 4.20. The molecule has 0 spiro atoms. The molecule has 1 amide bonds. The number of nitrogens with one attached hydrogen (secondary N) is 1. The molecule has 100 valence electrons. The van der Waals surface area contributed by atoms with Gasteiger partial charge >= 0.3 is 0 Å². The molecule has 0 heterocycles. The van der Waals surface area contributed by atoms with Crippen LogP contribution in [-0.2, 0) is 11.3 Å². The average Bonchev–Trinajstić information content (AvgIpc) is 2.32. The Kier molecular flexibility index (Phi) is 5.44. The zero-order chi connectivity index (χ0) is 13.7.